The Morgan fingerprint density at radius 2 is 2.19 bits per heavy atom. The Morgan fingerprint density at radius 3 is 2.96 bits per heavy atom. The molecule has 1 amide bonds. The zero-order chi connectivity index (χ0) is 18.1. The molecule has 0 unspecified atom stereocenters. The lowest BCUT2D eigenvalue weighted by atomic mass is 10.0. The van der Waals surface area contributed by atoms with Gasteiger partial charge in [0, 0.05) is 37.7 Å². The average molecular weight is 356 g/mol. The van der Waals surface area contributed by atoms with Gasteiger partial charge in [0.1, 0.15) is 5.82 Å². The Kier molecular flexibility index (Phi) is 4.21. The number of pyridine rings is 1. The summed E-state index contributed by atoms with van der Waals surface area (Å²) < 4.78 is 14.9. The van der Waals surface area contributed by atoms with Crippen molar-refractivity contribution >= 4 is 16.8 Å². The first-order chi connectivity index (χ1) is 12.6. The van der Waals surface area contributed by atoms with E-state index in [1.165, 1.54) is 12.1 Å². The second kappa shape index (κ2) is 6.68. The minimum atomic E-state index is -0.421. The van der Waals surface area contributed by atoms with E-state index in [0.717, 1.165) is 13.1 Å². The minimum Gasteiger partial charge on any atom is -0.346 e. The summed E-state index contributed by atoms with van der Waals surface area (Å²) in [7, 11) is 0. The van der Waals surface area contributed by atoms with Gasteiger partial charge in [0.05, 0.1) is 11.7 Å². The van der Waals surface area contributed by atoms with Crippen molar-refractivity contribution in [2.24, 2.45) is 5.92 Å². The molecule has 1 aliphatic heterocycles. The highest BCUT2D eigenvalue weighted by molar-refractivity contribution is 5.91. The fourth-order valence-corrected chi connectivity index (χ4v) is 2.85. The molecule has 0 spiro atoms. The molecular weight excluding hydrogens is 339 g/mol. The van der Waals surface area contributed by atoms with E-state index in [-0.39, 0.29) is 17.8 Å². The van der Waals surface area contributed by atoms with Crippen LogP contribution < -0.4 is 16.2 Å². The predicted octanol–water partition coefficient (Wildman–Crippen LogP) is 0.408. The molecule has 9 heteroatoms. The van der Waals surface area contributed by atoms with Crippen LogP contribution in [0.4, 0.5) is 4.39 Å². The van der Waals surface area contributed by atoms with Crippen LogP contribution in [-0.2, 0) is 13.1 Å². The normalized spacial score (nSPS) is 14.3. The third-order valence-electron chi connectivity index (χ3n) is 4.41. The highest BCUT2D eigenvalue weighted by atomic mass is 19.1. The molecule has 1 fully saturated rings. The van der Waals surface area contributed by atoms with Crippen molar-refractivity contribution in [1.82, 2.24) is 30.6 Å². The van der Waals surface area contributed by atoms with Crippen LogP contribution in [0.25, 0.3) is 10.9 Å². The van der Waals surface area contributed by atoms with Crippen molar-refractivity contribution in [2.75, 3.05) is 13.1 Å². The molecule has 0 saturated carbocycles. The molecule has 0 bridgehead atoms. The third-order valence-corrected chi connectivity index (χ3v) is 4.41. The maximum absolute atomic E-state index is 13.2. The molecule has 3 heterocycles. The number of aromatic nitrogens is 4. The van der Waals surface area contributed by atoms with Crippen LogP contribution in [-0.4, -0.2) is 39.0 Å². The Balaban J connectivity index is 1.44. The quantitative estimate of drug-likeness (QED) is 0.614. The number of nitrogens with one attached hydrogen (secondary N) is 3. The number of carbonyl (C=O) groups excluding carboxylic acids is 1. The van der Waals surface area contributed by atoms with Crippen LogP contribution in [0.5, 0.6) is 0 Å². The highest BCUT2D eigenvalue weighted by Gasteiger charge is 2.19. The Bertz CT molecular complexity index is 1020. The number of halogens is 1. The number of amides is 1. The topological polar surface area (TPSA) is 105 Å². The number of hydrogen-bond donors (Lipinski definition) is 3. The Labute approximate surface area is 147 Å². The van der Waals surface area contributed by atoms with Gasteiger partial charge in [0.2, 0.25) is 0 Å². The lowest BCUT2D eigenvalue weighted by Gasteiger charge is -2.26. The molecule has 26 heavy (non-hydrogen) atoms. The molecule has 3 N–H and O–H groups in total. The first-order valence-corrected chi connectivity index (χ1v) is 8.29. The molecule has 1 saturated heterocycles. The average Bonchev–Trinajstić information content (AvgIpc) is 3.05. The van der Waals surface area contributed by atoms with Gasteiger partial charge >= 0.3 is 0 Å². The molecule has 1 aromatic carbocycles. The van der Waals surface area contributed by atoms with Gasteiger partial charge in [-0.25, -0.2) is 4.39 Å². The molecule has 134 valence electrons. The monoisotopic (exact) mass is 356 g/mol. The lowest BCUT2D eigenvalue weighted by Crippen LogP contribution is -2.44. The van der Waals surface area contributed by atoms with Crippen molar-refractivity contribution in [2.45, 2.75) is 13.1 Å². The number of rotatable bonds is 5. The zero-order valence-electron chi connectivity index (χ0n) is 13.8. The van der Waals surface area contributed by atoms with Crippen LogP contribution in [0, 0.1) is 11.7 Å². The number of benzene rings is 1. The van der Waals surface area contributed by atoms with Crippen LogP contribution in [0.15, 0.2) is 35.3 Å². The Morgan fingerprint density at radius 1 is 1.35 bits per heavy atom. The summed E-state index contributed by atoms with van der Waals surface area (Å²) >= 11 is 0. The van der Waals surface area contributed by atoms with Crippen molar-refractivity contribution in [1.29, 1.82) is 0 Å². The zero-order valence-corrected chi connectivity index (χ0v) is 13.8. The van der Waals surface area contributed by atoms with E-state index in [2.05, 4.69) is 25.9 Å². The number of H-pyrrole nitrogens is 1. The maximum Gasteiger partial charge on any atom is 0.273 e. The van der Waals surface area contributed by atoms with E-state index in [9.17, 15) is 14.0 Å². The predicted molar refractivity (Wildman–Crippen MR) is 92.1 cm³/mol. The van der Waals surface area contributed by atoms with Gasteiger partial charge < -0.3 is 15.6 Å². The van der Waals surface area contributed by atoms with Gasteiger partial charge in [-0.1, -0.05) is 5.21 Å². The summed E-state index contributed by atoms with van der Waals surface area (Å²) in [6.07, 6.45) is 1.60. The number of aromatic amines is 1. The summed E-state index contributed by atoms with van der Waals surface area (Å²) in [5.41, 5.74) is 0.630. The molecule has 2 aromatic heterocycles. The summed E-state index contributed by atoms with van der Waals surface area (Å²) in [5.74, 6) is -0.315. The van der Waals surface area contributed by atoms with E-state index in [1.807, 2.05) is 0 Å². The molecule has 0 aliphatic carbocycles. The van der Waals surface area contributed by atoms with E-state index in [4.69, 9.17) is 0 Å². The van der Waals surface area contributed by atoms with Crippen LogP contribution in [0.1, 0.15) is 16.1 Å². The van der Waals surface area contributed by atoms with E-state index >= 15 is 0 Å². The summed E-state index contributed by atoms with van der Waals surface area (Å²) in [6.45, 7) is 2.64. The number of hydrogen-bond acceptors (Lipinski definition) is 5. The maximum atomic E-state index is 13.2. The standard InChI is InChI=1S/C17H17FN6O2/c18-13-2-1-11-3-12(16(25)21-14(11)4-13)7-20-17(26)15-9-24(23-22-15)8-10-5-19-6-10/h1-4,9-10,19H,5-8H2,(H,20,26)(H,21,25). The molecule has 0 atom stereocenters. The molecule has 0 radical (unpaired) electrons. The molecular formula is C17H17FN6O2. The number of carbonyl (C=O) groups is 1. The van der Waals surface area contributed by atoms with Crippen molar-refractivity contribution in [3.05, 3.63) is 57.9 Å². The van der Waals surface area contributed by atoms with Gasteiger partial charge in [-0.3, -0.25) is 14.3 Å². The highest BCUT2D eigenvalue weighted by Crippen LogP contribution is 2.12. The lowest BCUT2D eigenvalue weighted by molar-refractivity contribution is 0.0945. The van der Waals surface area contributed by atoms with Crippen LogP contribution >= 0.6 is 0 Å². The van der Waals surface area contributed by atoms with E-state index in [1.54, 1.807) is 23.0 Å². The molecule has 1 aliphatic rings. The first-order valence-electron chi connectivity index (χ1n) is 8.29. The fourth-order valence-electron chi connectivity index (χ4n) is 2.85. The minimum absolute atomic E-state index is 0.0425. The second-order valence-corrected chi connectivity index (χ2v) is 6.39. The van der Waals surface area contributed by atoms with Crippen molar-refractivity contribution < 1.29 is 9.18 Å². The van der Waals surface area contributed by atoms with Gasteiger partial charge in [-0.2, -0.15) is 0 Å². The number of nitrogens with zero attached hydrogens (tertiary/aromatic N) is 3. The Hall–Kier alpha value is -3.07. The van der Waals surface area contributed by atoms with E-state index in [0.29, 0.717) is 28.9 Å². The number of fused-ring (bicyclic) bond motifs is 1. The van der Waals surface area contributed by atoms with Gasteiger partial charge in [-0.05, 0) is 29.7 Å². The fraction of sp³-hybridized carbons (Fsp3) is 0.294. The third kappa shape index (κ3) is 3.33. The van der Waals surface area contributed by atoms with Crippen molar-refractivity contribution in [3.8, 4) is 0 Å². The molecule has 4 rings (SSSR count). The first kappa shape index (κ1) is 16.4. The smallest absolute Gasteiger partial charge is 0.273 e. The van der Waals surface area contributed by atoms with Crippen LogP contribution in [0.3, 0.4) is 0 Å². The van der Waals surface area contributed by atoms with Gasteiger partial charge in [0.15, 0.2) is 5.69 Å². The molecule has 3 aromatic rings. The largest absolute Gasteiger partial charge is 0.346 e. The molecule has 8 nitrogen and oxygen atoms in total. The summed E-state index contributed by atoms with van der Waals surface area (Å²) in [6, 6.07) is 5.79. The summed E-state index contributed by atoms with van der Waals surface area (Å²) in [5, 5.41) is 14.4. The second-order valence-electron chi connectivity index (χ2n) is 6.39. The van der Waals surface area contributed by atoms with Gasteiger partial charge in [-0.15, -0.1) is 5.10 Å². The van der Waals surface area contributed by atoms with Crippen LogP contribution in [0.2, 0.25) is 0 Å². The summed E-state index contributed by atoms with van der Waals surface area (Å²) in [4.78, 5) is 26.9. The van der Waals surface area contributed by atoms with Crippen molar-refractivity contribution in [3.63, 3.8) is 0 Å². The van der Waals surface area contributed by atoms with E-state index < -0.39 is 11.7 Å². The van der Waals surface area contributed by atoms with Gasteiger partial charge in [0.25, 0.3) is 11.5 Å². The SMILES string of the molecule is O=C(NCc1cc2ccc(F)cc2[nH]c1=O)c1cn(CC2CNC2)nn1.